The minimum absolute atomic E-state index is 0.529. The van der Waals surface area contributed by atoms with Crippen LogP contribution in [0.1, 0.15) is 0 Å². The molecule has 0 radical (unpaired) electrons. The molecule has 4 aromatic heterocycles. The summed E-state index contributed by atoms with van der Waals surface area (Å²) in [4.78, 5) is 19.8. The highest BCUT2D eigenvalue weighted by Crippen LogP contribution is 2.39. The van der Waals surface area contributed by atoms with Crippen molar-refractivity contribution in [1.82, 2.24) is 29.1 Å². The molecule has 0 unspecified atom stereocenters. The second kappa shape index (κ2) is 13.0. The van der Waals surface area contributed by atoms with E-state index >= 15 is 0 Å². The molecule has 0 atom stereocenters. The molecule has 6 nitrogen and oxygen atoms in total. The quantitative estimate of drug-likeness (QED) is 0.172. The van der Waals surface area contributed by atoms with Gasteiger partial charge < -0.3 is 9.13 Å². The Morgan fingerprint density at radius 3 is 1.61 bits per heavy atom. The first kappa shape index (κ1) is 31.8. The lowest BCUT2D eigenvalue weighted by Crippen LogP contribution is -2.01. The van der Waals surface area contributed by atoms with Crippen LogP contribution in [0.5, 0.6) is 0 Å². The number of fused-ring (bicyclic) bond motifs is 7. The van der Waals surface area contributed by atoms with E-state index in [-0.39, 0.29) is 0 Å². The molecule has 0 aliphatic heterocycles. The molecule has 262 valence electrons. The summed E-state index contributed by atoms with van der Waals surface area (Å²) < 4.78 is 4.67. The molecule has 11 aromatic rings. The van der Waals surface area contributed by atoms with Gasteiger partial charge in [0.05, 0.1) is 22.2 Å². The van der Waals surface area contributed by atoms with Crippen LogP contribution >= 0.6 is 0 Å². The lowest BCUT2D eigenvalue weighted by molar-refractivity contribution is 1.06. The van der Waals surface area contributed by atoms with E-state index in [9.17, 15) is 0 Å². The first-order chi connectivity index (χ1) is 27.8. The summed E-state index contributed by atoms with van der Waals surface area (Å²) in [5, 5.41) is 6.15. The minimum Gasteiger partial charge on any atom is -0.317 e. The van der Waals surface area contributed by atoms with Crippen LogP contribution in [0.25, 0.3) is 100 Å². The predicted octanol–water partition coefficient (Wildman–Crippen LogP) is 12.1. The number of hydrogen-bond donors (Lipinski definition) is 0. The van der Waals surface area contributed by atoms with Crippen molar-refractivity contribution < 1.29 is 0 Å². The average molecular weight is 717 g/mol. The maximum absolute atomic E-state index is 5.11. The van der Waals surface area contributed by atoms with E-state index in [0.29, 0.717) is 23.2 Å². The van der Waals surface area contributed by atoms with Crippen molar-refractivity contribution in [1.29, 1.82) is 0 Å². The van der Waals surface area contributed by atoms with E-state index in [1.165, 1.54) is 43.5 Å². The number of nitrogens with zero attached hydrogens (tertiary/aromatic N) is 6. The Morgan fingerprint density at radius 2 is 0.875 bits per heavy atom. The molecule has 0 N–H and O–H groups in total. The van der Waals surface area contributed by atoms with Gasteiger partial charge in [0.2, 0.25) is 0 Å². The highest BCUT2D eigenvalue weighted by molar-refractivity contribution is 6.23. The molecule has 4 heterocycles. The van der Waals surface area contributed by atoms with Gasteiger partial charge in [-0.1, -0.05) is 133 Å². The number of hydrogen-bond acceptors (Lipinski definition) is 4. The summed E-state index contributed by atoms with van der Waals surface area (Å²) >= 11 is 0. The Hall–Kier alpha value is -7.70. The van der Waals surface area contributed by atoms with Gasteiger partial charge in [0.15, 0.2) is 17.5 Å². The normalized spacial score (nSPS) is 11.6. The highest BCUT2D eigenvalue weighted by atomic mass is 15.0. The molecule has 0 aliphatic rings. The zero-order chi connectivity index (χ0) is 37.0. The Kier molecular flexibility index (Phi) is 7.38. The molecule has 6 heteroatoms. The lowest BCUT2D eigenvalue weighted by atomic mass is 10.0. The largest absolute Gasteiger partial charge is 0.317 e. The third-order valence-electron chi connectivity index (χ3n) is 10.6. The highest BCUT2D eigenvalue weighted by Gasteiger charge is 2.18. The van der Waals surface area contributed by atoms with E-state index in [1.807, 2.05) is 78.9 Å². The van der Waals surface area contributed by atoms with Crippen LogP contribution < -0.4 is 0 Å². The monoisotopic (exact) mass is 716 g/mol. The van der Waals surface area contributed by atoms with Gasteiger partial charge in [-0.15, -0.1) is 0 Å². The van der Waals surface area contributed by atoms with Gasteiger partial charge in [0.25, 0.3) is 0 Å². The Labute approximate surface area is 322 Å². The Bertz CT molecular complexity index is 3160. The lowest BCUT2D eigenvalue weighted by Gasteiger charge is -2.12. The first-order valence-electron chi connectivity index (χ1n) is 18.7. The van der Waals surface area contributed by atoms with Crippen LogP contribution in [0.3, 0.4) is 0 Å². The number of para-hydroxylation sites is 2. The van der Waals surface area contributed by atoms with E-state index in [4.69, 9.17) is 19.9 Å². The molecule has 0 saturated heterocycles. The van der Waals surface area contributed by atoms with Gasteiger partial charge in [-0.05, 0) is 60.0 Å². The third kappa shape index (κ3) is 5.27. The fraction of sp³-hybridized carbons (Fsp3) is 0. The van der Waals surface area contributed by atoms with Crippen LogP contribution in [-0.4, -0.2) is 29.1 Å². The van der Waals surface area contributed by atoms with Crippen molar-refractivity contribution in [2.45, 2.75) is 0 Å². The summed E-state index contributed by atoms with van der Waals surface area (Å²) in [6.45, 7) is 0. The summed E-state index contributed by atoms with van der Waals surface area (Å²) in [5.74, 6) is 1.75. The predicted molar refractivity (Wildman–Crippen MR) is 228 cm³/mol. The number of aromatic nitrogens is 6. The molecule has 0 fully saturated rings. The molecular weight excluding hydrogens is 685 g/mol. The zero-order valence-corrected chi connectivity index (χ0v) is 30.2. The molecule has 7 aromatic carbocycles. The summed E-state index contributed by atoms with van der Waals surface area (Å²) in [7, 11) is 0. The van der Waals surface area contributed by atoms with Gasteiger partial charge in [-0.25, -0.2) is 19.9 Å². The van der Waals surface area contributed by atoms with Crippen LogP contribution in [-0.2, 0) is 0 Å². The van der Waals surface area contributed by atoms with Crippen LogP contribution in [0.15, 0.2) is 194 Å². The molecule has 56 heavy (non-hydrogen) atoms. The van der Waals surface area contributed by atoms with Crippen molar-refractivity contribution in [3.8, 4) is 56.9 Å². The van der Waals surface area contributed by atoms with Crippen molar-refractivity contribution >= 4 is 43.5 Å². The molecule has 11 rings (SSSR count). The number of benzene rings is 7. The molecule has 0 saturated carbocycles. The van der Waals surface area contributed by atoms with Crippen molar-refractivity contribution in [3.63, 3.8) is 0 Å². The summed E-state index contributed by atoms with van der Waals surface area (Å²) in [5.41, 5.74) is 10.2. The average Bonchev–Trinajstić information content (AvgIpc) is 3.87. The smallest absolute Gasteiger partial charge is 0.182 e. The minimum atomic E-state index is 0.529. The first-order valence-corrected chi connectivity index (χ1v) is 18.7. The Morgan fingerprint density at radius 1 is 0.304 bits per heavy atom. The third-order valence-corrected chi connectivity index (χ3v) is 10.6. The van der Waals surface area contributed by atoms with E-state index in [2.05, 4.69) is 125 Å². The molecule has 0 bridgehead atoms. The topological polar surface area (TPSA) is 61.4 Å². The fourth-order valence-corrected chi connectivity index (χ4v) is 8.00. The fourth-order valence-electron chi connectivity index (χ4n) is 8.00. The summed E-state index contributed by atoms with van der Waals surface area (Å²) in [6, 6.07) is 65.3. The van der Waals surface area contributed by atoms with E-state index < -0.39 is 0 Å². The number of rotatable bonds is 6. The van der Waals surface area contributed by atoms with E-state index in [1.54, 1.807) is 0 Å². The standard InChI is InChI=1S/C50H32N6/c1-4-13-34(14-5-1)48-52-49(35-15-6-2-7-16-35)54-50(53-48)44-21-12-20-43(51-44)33-23-25-37(26-24-33)56-46-22-11-10-19-39(46)42-28-27-38-40-31-32-55(36-17-8-3-9-18-36)45(40)30-29-41(38)47(42)56/h1-32H. The maximum Gasteiger partial charge on any atom is 0.182 e. The Balaban J connectivity index is 1.02. The van der Waals surface area contributed by atoms with Crippen LogP contribution in [0.2, 0.25) is 0 Å². The second-order valence-corrected chi connectivity index (χ2v) is 13.9. The SMILES string of the molecule is c1ccc(-c2nc(-c3ccccc3)nc(-c3cccc(-c4ccc(-n5c6ccccc6c6ccc7c8ccn(-c9ccccc9)c8ccc7c65)cc4)n3)n2)cc1. The molecular formula is C50H32N6. The zero-order valence-electron chi connectivity index (χ0n) is 30.2. The van der Waals surface area contributed by atoms with E-state index in [0.717, 1.165) is 33.8 Å². The van der Waals surface area contributed by atoms with Crippen LogP contribution in [0, 0.1) is 0 Å². The van der Waals surface area contributed by atoms with Gasteiger partial charge in [0, 0.05) is 55.8 Å². The molecule has 0 spiro atoms. The van der Waals surface area contributed by atoms with Gasteiger partial charge >= 0.3 is 0 Å². The maximum atomic E-state index is 5.11. The van der Waals surface area contributed by atoms with Gasteiger partial charge in [-0.2, -0.15) is 0 Å². The summed E-state index contributed by atoms with van der Waals surface area (Å²) in [6.07, 6.45) is 2.17. The van der Waals surface area contributed by atoms with Crippen molar-refractivity contribution in [2.75, 3.05) is 0 Å². The number of pyridine rings is 1. The van der Waals surface area contributed by atoms with Gasteiger partial charge in [-0.3, -0.25) is 0 Å². The van der Waals surface area contributed by atoms with Crippen LogP contribution in [0.4, 0.5) is 0 Å². The molecule has 0 aliphatic carbocycles. The van der Waals surface area contributed by atoms with Crippen molar-refractivity contribution in [2.24, 2.45) is 0 Å². The second-order valence-electron chi connectivity index (χ2n) is 13.9. The van der Waals surface area contributed by atoms with Gasteiger partial charge in [0.1, 0.15) is 5.69 Å². The molecule has 0 amide bonds. The van der Waals surface area contributed by atoms with Crippen molar-refractivity contribution in [3.05, 3.63) is 194 Å².